The van der Waals surface area contributed by atoms with Crippen LogP contribution >= 0.6 is 37.9 Å². The van der Waals surface area contributed by atoms with Gasteiger partial charge in [-0.15, -0.1) is 37.9 Å². The normalized spacial score (nSPS) is 8.60. The predicted molar refractivity (Wildman–Crippen MR) is 178 cm³/mol. The first-order valence-corrected chi connectivity index (χ1v) is 13.8. The summed E-state index contributed by atoms with van der Waals surface area (Å²) in [7, 11) is 0. The second-order valence-corrected chi connectivity index (χ2v) is 10.4. The zero-order valence-electron chi connectivity index (χ0n) is 23.8. The Hall–Kier alpha value is -1.60. The first-order chi connectivity index (χ1) is 18.2. The standard InChI is InChI=1S/3C7H8S.2C7H8.2Ru/c3*1-6-2-4-7(8)5-3-6;2*1-7-5-3-2-4-6-7;;/h3*2-5,8H,1H3;2*2-6H,1H3;;/q;;;;;2*+3. The fraction of sp³-hybridized carbons (Fsp3) is 0.143. The fourth-order valence-electron chi connectivity index (χ4n) is 2.70. The van der Waals surface area contributed by atoms with Gasteiger partial charge in [0.05, 0.1) is 0 Å². The van der Waals surface area contributed by atoms with Gasteiger partial charge in [-0.1, -0.05) is 125 Å². The molecule has 40 heavy (non-hydrogen) atoms. The van der Waals surface area contributed by atoms with Gasteiger partial charge in [0.1, 0.15) is 0 Å². The van der Waals surface area contributed by atoms with Crippen molar-refractivity contribution >= 4 is 37.9 Å². The van der Waals surface area contributed by atoms with Crippen molar-refractivity contribution in [2.24, 2.45) is 0 Å². The summed E-state index contributed by atoms with van der Waals surface area (Å²) in [6, 6.07) is 44.7. The molecular weight excluding hydrogens is 719 g/mol. The summed E-state index contributed by atoms with van der Waals surface area (Å²) in [5.74, 6) is 0. The summed E-state index contributed by atoms with van der Waals surface area (Å²) < 4.78 is 0. The third-order valence-corrected chi connectivity index (χ3v) is 5.88. The van der Waals surface area contributed by atoms with Crippen LogP contribution in [0.15, 0.2) is 148 Å². The maximum atomic E-state index is 4.13. The van der Waals surface area contributed by atoms with Crippen molar-refractivity contribution in [3.63, 3.8) is 0 Å². The topological polar surface area (TPSA) is 0 Å². The smallest absolute Gasteiger partial charge is 0.143 e. The van der Waals surface area contributed by atoms with Crippen molar-refractivity contribution in [2.45, 2.75) is 49.3 Å². The van der Waals surface area contributed by atoms with Gasteiger partial charge >= 0.3 is 39.0 Å². The number of hydrogen-bond donors (Lipinski definition) is 3. The van der Waals surface area contributed by atoms with Crippen LogP contribution in [0.4, 0.5) is 0 Å². The molecular formula is C35H40Ru2S3+6. The third kappa shape index (κ3) is 23.1. The van der Waals surface area contributed by atoms with E-state index in [2.05, 4.69) is 96.8 Å². The van der Waals surface area contributed by atoms with Crippen LogP contribution in [0.2, 0.25) is 0 Å². The minimum absolute atomic E-state index is 0. The van der Waals surface area contributed by atoms with Crippen molar-refractivity contribution in [1.82, 2.24) is 0 Å². The summed E-state index contributed by atoms with van der Waals surface area (Å²) >= 11 is 12.4. The summed E-state index contributed by atoms with van der Waals surface area (Å²) in [5, 5.41) is 0. The first kappa shape index (κ1) is 40.5. The molecule has 0 nitrogen and oxygen atoms in total. The van der Waals surface area contributed by atoms with Crippen LogP contribution in [0.5, 0.6) is 0 Å². The van der Waals surface area contributed by atoms with Gasteiger partial charge in [-0.3, -0.25) is 0 Å². The molecule has 5 aromatic rings. The van der Waals surface area contributed by atoms with Gasteiger partial charge in [-0.2, -0.15) is 0 Å². The van der Waals surface area contributed by atoms with Crippen LogP contribution in [0.3, 0.4) is 0 Å². The van der Waals surface area contributed by atoms with Gasteiger partial charge in [-0.05, 0) is 71.0 Å². The molecule has 5 rings (SSSR count). The minimum atomic E-state index is 0. The Kier molecular flexibility index (Phi) is 25.5. The van der Waals surface area contributed by atoms with Crippen molar-refractivity contribution < 1.29 is 39.0 Å². The van der Waals surface area contributed by atoms with Gasteiger partial charge in [-0.25, -0.2) is 0 Å². The molecule has 0 aliphatic heterocycles. The van der Waals surface area contributed by atoms with Crippen molar-refractivity contribution in [3.05, 3.63) is 161 Å². The summed E-state index contributed by atoms with van der Waals surface area (Å²) in [4.78, 5) is 3.07. The van der Waals surface area contributed by atoms with Gasteiger partial charge in [0.2, 0.25) is 0 Å². The average molecular weight is 759 g/mol. The molecule has 0 fully saturated rings. The number of benzene rings is 5. The first-order valence-electron chi connectivity index (χ1n) is 12.5. The van der Waals surface area contributed by atoms with E-state index >= 15 is 0 Å². The Morgan fingerprint density at radius 3 is 0.575 bits per heavy atom. The molecule has 0 atom stereocenters. The van der Waals surface area contributed by atoms with Crippen molar-refractivity contribution in [3.8, 4) is 0 Å². The van der Waals surface area contributed by atoms with E-state index < -0.39 is 0 Å². The molecule has 2 radical (unpaired) electrons. The SMILES string of the molecule is Cc1ccc(S)cc1.Cc1ccc(S)cc1.Cc1ccc(S)cc1.Cc1ccccc1.Cc1ccccc1.[Ru+3].[Ru+3]. The van der Waals surface area contributed by atoms with Gasteiger partial charge in [0.15, 0.2) is 0 Å². The number of hydrogen-bond acceptors (Lipinski definition) is 3. The van der Waals surface area contributed by atoms with E-state index in [0.29, 0.717) is 0 Å². The molecule has 0 bridgehead atoms. The van der Waals surface area contributed by atoms with Gasteiger partial charge < -0.3 is 0 Å². The molecule has 0 aliphatic rings. The van der Waals surface area contributed by atoms with Crippen LogP contribution in [-0.2, 0) is 39.0 Å². The van der Waals surface area contributed by atoms with E-state index in [-0.39, 0.29) is 39.0 Å². The van der Waals surface area contributed by atoms with E-state index in [4.69, 9.17) is 0 Å². The Bertz CT molecular complexity index is 1040. The molecule has 0 heterocycles. The molecule has 0 amide bonds. The largest absolute Gasteiger partial charge is 3.00 e. The fourth-order valence-corrected chi connectivity index (χ4v) is 3.15. The number of thiol groups is 3. The second kappa shape index (κ2) is 25.1. The quantitative estimate of drug-likeness (QED) is 0.102. The Balaban J connectivity index is 0. The summed E-state index contributed by atoms with van der Waals surface area (Å²) in [6.07, 6.45) is 0. The third-order valence-electron chi connectivity index (χ3n) is 4.98. The molecule has 0 aliphatic carbocycles. The molecule has 0 saturated heterocycles. The van der Waals surface area contributed by atoms with Crippen LogP contribution in [0.1, 0.15) is 27.8 Å². The molecule has 0 aromatic heterocycles. The molecule has 208 valence electrons. The van der Waals surface area contributed by atoms with Crippen LogP contribution in [0, 0.1) is 34.6 Å². The molecule has 5 heteroatoms. The molecule has 0 N–H and O–H groups in total. The van der Waals surface area contributed by atoms with Crippen LogP contribution in [0.25, 0.3) is 0 Å². The van der Waals surface area contributed by atoms with E-state index in [1.807, 2.05) is 109 Å². The van der Waals surface area contributed by atoms with Crippen molar-refractivity contribution in [2.75, 3.05) is 0 Å². The zero-order chi connectivity index (χ0) is 28.2. The second-order valence-electron chi connectivity index (χ2n) is 8.82. The number of rotatable bonds is 0. The zero-order valence-corrected chi connectivity index (χ0v) is 29.9. The van der Waals surface area contributed by atoms with E-state index in [1.54, 1.807) is 0 Å². The van der Waals surface area contributed by atoms with Crippen molar-refractivity contribution in [1.29, 1.82) is 0 Å². The molecule has 0 saturated carbocycles. The van der Waals surface area contributed by atoms with E-state index in [9.17, 15) is 0 Å². The van der Waals surface area contributed by atoms with Gasteiger partial charge in [0, 0.05) is 14.7 Å². The maximum Gasteiger partial charge on any atom is 3.00 e. The predicted octanol–water partition coefficient (Wildman–Crippen LogP) is 10.8. The summed E-state index contributed by atoms with van der Waals surface area (Å²) in [6.45, 7) is 10.4. The monoisotopic (exact) mass is 760 g/mol. The molecule has 0 unspecified atom stereocenters. The minimum Gasteiger partial charge on any atom is -0.143 e. The van der Waals surface area contributed by atoms with E-state index in [1.165, 1.54) is 27.8 Å². The molecule has 5 aromatic carbocycles. The summed E-state index contributed by atoms with van der Waals surface area (Å²) in [5.41, 5.74) is 6.48. The maximum absolute atomic E-state index is 4.13. The Labute approximate surface area is 285 Å². The van der Waals surface area contributed by atoms with Crippen LogP contribution in [-0.4, -0.2) is 0 Å². The van der Waals surface area contributed by atoms with Crippen LogP contribution < -0.4 is 0 Å². The Morgan fingerprint density at radius 2 is 0.450 bits per heavy atom. The van der Waals surface area contributed by atoms with Gasteiger partial charge in [0.25, 0.3) is 0 Å². The Morgan fingerprint density at radius 1 is 0.275 bits per heavy atom. The molecule has 0 spiro atoms. The number of aryl methyl sites for hydroxylation is 5. The average Bonchev–Trinajstić information content (AvgIpc) is 2.92. The van der Waals surface area contributed by atoms with E-state index in [0.717, 1.165) is 14.7 Å².